The van der Waals surface area contributed by atoms with E-state index in [2.05, 4.69) is 106 Å². The monoisotopic (exact) mass is 957 g/mol. The van der Waals surface area contributed by atoms with Crippen molar-refractivity contribution in [3.8, 4) is 0 Å². The standard InChI is InChI=1S/C63H104O6/c1-4-7-10-13-16-19-22-25-28-30-32-35-38-41-44-47-50-53-56-62(65)68-59-60(58-67-61(64)55-52-49-46-43-40-37-34-27-24-21-18-15-12-9-6-3)69-63(66)57-54-51-48-45-42-39-36-33-31-29-26-23-20-17-14-11-8-5-2/h10,13,16-17,19-20,22-23,25-26,28-33,35-36,60H,4-9,11-12,14-15,18,21,24,27,34,37-59H2,1-3H3/b13-10-,19-16-,20-17-,25-22-,26-23-,30-28-,31-29-,35-32-,36-33-. The molecule has 0 amide bonds. The van der Waals surface area contributed by atoms with Crippen LogP contribution >= 0.6 is 0 Å². The van der Waals surface area contributed by atoms with Crippen LogP contribution in [0.2, 0.25) is 0 Å². The predicted molar refractivity (Wildman–Crippen MR) is 297 cm³/mol. The maximum Gasteiger partial charge on any atom is 0.306 e. The molecule has 0 aliphatic rings. The molecule has 69 heavy (non-hydrogen) atoms. The van der Waals surface area contributed by atoms with Gasteiger partial charge in [-0.1, -0.05) is 278 Å². The molecule has 1 unspecified atom stereocenters. The first-order valence-corrected chi connectivity index (χ1v) is 28.5. The van der Waals surface area contributed by atoms with E-state index in [4.69, 9.17) is 14.2 Å². The van der Waals surface area contributed by atoms with E-state index in [1.807, 2.05) is 24.3 Å². The highest BCUT2D eigenvalue weighted by atomic mass is 16.6. The first-order valence-electron chi connectivity index (χ1n) is 28.5. The highest BCUT2D eigenvalue weighted by Crippen LogP contribution is 2.15. The van der Waals surface area contributed by atoms with Crippen molar-refractivity contribution in [2.45, 2.75) is 258 Å². The van der Waals surface area contributed by atoms with E-state index in [9.17, 15) is 14.4 Å². The van der Waals surface area contributed by atoms with Gasteiger partial charge in [-0.3, -0.25) is 14.4 Å². The molecule has 0 aromatic carbocycles. The van der Waals surface area contributed by atoms with Gasteiger partial charge in [0.15, 0.2) is 6.10 Å². The molecule has 0 aliphatic carbocycles. The molecule has 1 atom stereocenters. The van der Waals surface area contributed by atoms with Gasteiger partial charge < -0.3 is 14.2 Å². The molecule has 0 fully saturated rings. The third-order valence-corrected chi connectivity index (χ3v) is 12.0. The van der Waals surface area contributed by atoms with Gasteiger partial charge in [0.2, 0.25) is 0 Å². The number of unbranched alkanes of at least 4 members (excludes halogenated alkanes) is 28. The van der Waals surface area contributed by atoms with Crippen LogP contribution in [-0.2, 0) is 28.6 Å². The summed E-state index contributed by atoms with van der Waals surface area (Å²) in [5.74, 6) is -0.943. The zero-order chi connectivity index (χ0) is 50.0. The van der Waals surface area contributed by atoms with Gasteiger partial charge in [0.25, 0.3) is 0 Å². The molecule has 0 N–H and O–H groups in total. The number of hydrogen-bond donors (Lipinski definition) is 0. The normalized spacial score (nSPS) is 12.9. The molecule has 0 aromatic rings. The van der Waals surface area contributed by atoms with Crippen LogP contribution in [0.4, 0.5) is 0 Å². The van der Waals surface area contributed by atoms with Crippen molar-refractivity contribution >= 4 is 17.9 Å². The molecule has 0 saturated carbocycles. The maximum atomic E-state index is 12.9. The topological polar surface area (TPSA) is 78.9 Å². The number of rotatable bonds is 50. The number of hydrogen-bond acceptors (Lipinski definition) is 6. The molecule has 0 spiro atoms. The summed E-state index contributed by atoms with van der Waals surface area (Å²) in [6.07, 6.45) is 76.3. The zero-order valence-corrected chi connectivity index (χ0v) is 44.8. The summed E-state index contributed by atoms with van der Waals surface area (Å²) in [4.78, 5) is 38.2. The Kier molecular flexibility index (Phi) is 53.4. The van der Waals surface area contributed by atoms with Crippen LogP contribution in [0.5, 0.6) is 0 Å². The molecular formula is C63H104O6. The SMILES string of the molecule is CCC\C=C/C=C\C=C/C=C\C=C/CCCCCCCC(=O)OCC(COC(=O)CCCCCCCCCCCCCCCCC)OC(=O)CCCCCCC\C=C/C=C\C=C/C=C\CCCCC. The van der Waals surface area contributed by atoms with E-state index in [1.165, 1.54) is 103 Å². The van der Waals surface area contributed by atoms with E-state index >= 15 is 0 Å². The fourth-order valence-corrected chi connectivity index (χ4v) is 7.66. The van der Waals surface area contributed by atoms with Crippen LogP contribution in [0.1, 0.15) is 252 Å². The number of carbonyl (C=O) groups excluding carboxylic acids is 3. The maximum absolute atomic E-state index is 12.9. The van der Waals surface area contributed by atoms with E-state index in [0.29, 0.717) is 19.3 Å². The van der Waals surface area contributed by atoms with Crippen LogP contribution in [0, 0.1) is 0 Å². The van der Waals surface area contributed by atoms with Crippen molar-refractivity contribution in [3.05, 3.63) is 109 Å². The second-order valence-corrected chi connectivity index (χ2v) is 18.7. The second kappa shape index (κ2) is 56.7. The summed E-state index contributed by atoms with van der Waals surface area (Å²) in [7, 11) is 0. The van der Waals surface area contributed by atoms with E-state index < -0.39 is 6.10 Å². The van der Waals surface area contributed by atoms with Gasteiger partial charge in [0.05, 0.1) is 0 Å². The quantitative estimate of drug-likeness (QED) is 0.0262. The number of carbonyl (C=O) groups is 3. The first-order chi connectivity index (χ1) is 34.0. The fourth-order valence-electron chi connectivity index (χ4n) is 7.66. The third kappa shape index (κ3) is 54.9. The minimum Gasteiger partial charge on any atom is -0.462 e. The lowest BCUT2D eigenvalue weighted by Gasteiger charge is -2.18. The van der Waals surface area contributed by atoms with Gasteiger partial charge in [-0.15, -0.1) is 0 Å². The first kappa shape index (κ1) is 65.1. The van der Waals surface area contributed by atoms with Gasteiger partial charge >= 0.3 is 17.9 Å². The Morgan fingerprint density at radius 1 is 0.290 bits per heavy atom. The van der Waals surface area contributed by atoms with Crippen LogP contribution < -0.4 is 0 Å². The molecule has 0 radical (unpaired) electrons. The average Bonchev–Trinajstić information content (AvgIpc) is 3.35. The Bertz CT molecular complexity index is 1420. The summed E-state index contributed by atoms with van der Waals surface area (Å²) in [6, 6.07) is 0. The van der Waals surface area contributed by atoms with Crippen molar-refractivity contribution in [3.63, 3.8) is 0 Å². The second-order valence-electron chi connectivity index (χ2n) is 18.7. The Hall–Kier alpha value is -3.93. The molecule has 6 heteroatoms. The lowest BCUT2D eigenvalue weighted by Crippen LogP contribution is -2.30. The summed E-state index contributed by atoms with van der Waals surface area (Å²) in [5, 5.41) is 0. The van der Waals surface area contributed by atoms with E-state index in [0.717, 1.165) is 109 Å². The summed E-state index contributed by atoms with van der Waals surface area (Å²) in [6.45, 7) is 6.48. The van der Waals surface area contributed by atoms with Crippen molar-refractivity contribution in [1.29, 1.82) is 0 Å². The third-order valence-electron chi connectivity index (χ3n) is 12.0. The highest BCUT2D eigenvalue weighted by Gasteiger charge is 2.19. The summed E-state index contributed by atoms with van der Waals surface area (Å²) >= 11 is 0. The van der Waals surface area contributed by atoms with E-state index in [-0.39, 0.29) is 31.1 Å². The van der Waals surface area contributed by atoms with Crippen LogP contribution in [0.25, 0.3) is 0 Å². The number of esters is 3. The minimum atomic E-state index is -0.802. The molecule has 392 valence electrons. The molecule has 0 aliphatic heterocycles. The minimum absolute atomic E-state index is 0.0962. The van der Waals surface area contributed by atoms with Crippen molar-refractivity contribution in [1.82, 2.24) is 0 Å². The Morgan fingerprint density at radius 2 is 0.551 bits per heavy atom. The average molecular weight is 958 g/mol. The fraction of sp³-hybridized carbons (Fsp3) is 0.667. The zero-order valence-electron chi connectivity index (χ0n) is 44.8. The van der Waals surface area contributed by atoms with Crippen molar-refractivity contribution < 1.29 is 28.6 Å². The Balaban J connectivity index is 4.51. The predicted octanol–water partition coefficient (Wildman–Crippen LogP) is 19.1. The van der Waals surface area contributed by atoms with Gasteiger partial charge in [-0.25, -0.2) is 0 Å². The van der Waals surface area contributed by atoms with Gasteiger partial charge in [0, 0.05) is 19.3 Å². The molecule has 6 nitrogen and oxygen atoms in total. The van der Waals surface area contributed by atoms with Gasteiger partial charge in [-0.2, -0.15) is 0 Å². The largest absolute Gasteiger partial charge is 0.462 e. The van der Waals surface area contributed by atoms with Crippen LogP contribution in [-0.4, -0.2) is 37.2 Å². The van der Waals surface area contributed by atoms with Crippen molar-refractivity contribution in [2.75, 3.05) is 13.2 Å². The van der Waals surface area contributed by atoms with Gasteiger partial charge in [-0.05, 0) is 64.2 Å². The van der Waals surface area contributed by atoms with Crippen LogP contribution in [0.15, 0.2) is 109 Å². The highest BCUT2D eigenvalue weighted by molar-refractivity contribution is 5.71. The summed E-state index contributed by atoms with van der Waals surface area (Å²) in [5.41, 5.74) is 0. The summed E-state index contributed by atoms with van der Waals surface area (Å²) < 4.78 is 16.8. The van der Waals surface area contributed by atoms with Crippen molar-refractivity contribution in [2.24, 2.45) is 0 Å². The molecular weight excluding hydrogens is 853 g/mol. The van der Waals surface area contributed by atoms with E-state index in [1.54, 1.807) is 0 Å². The molecule has 0 bridgehead atoms. The smallest absolute Gasteiger partial charge is 0.306 e. The lowest BCUT2D eigenvalue weighted by atomic mass is 10.0. The molecule has 0 rings (SSSR count). The Labute approximate surface area is 425 Å². The lowest BCUT2D eigenvalue weighted by molar-refractivity contribution is -0.167. The molecule has 0 heterocycles. The number of ether oxygens (including phenoxy) is 3. The molecule has 0 saturated heterocycles. The van der Waals surface area contributed by atoms with Crippen LogP contribution in [0.3, 0.4) is 0 Å². The Morgan fingerprint density at radius 3 is 0.899 bits per heavy atom. The van der Waals surface area contributed by atoms with Gasteiger partial charge in [0.1, 0.15) is 13.2 Å². The number of allylic oxidation sites excluding steroid dienone is 18. The molecule has 0 aromatic heterocycles.